The molecule has 0 saturated carbocycles. The number of carbonyl (C=O) groups is 2. The number of hydrogen-bond acceptors (Lipinski definition) is 5. The molecule has 21 heavy (non-hydrogen) atoms. The Kier molecular flexibility index (Phi) is 4.63. The Morgan fingerprint density at radius 3 is 2.95 bits per heavy atom. The lowest BCUT2D eigenvalue weighted by Gasteiger charge is -1.97. The Hall–Kier alpha value is -2.29. The van der Waals surface area contributed by atoms with E-state index in [9.17, 15) is 18.4 Å². The average molecular weight is 313 g/mol. The van der Waals surface area contributed by atoms with E-state index < -0.39 is 28.8 Å². The number of hydrogen-bond donors (Lipinski definition) is 2. The number of carboxylic acid groups (broad SMARTS) is 1. The van der Waals surface area contributed by atoms with Crippen LogP contribution in [-0.4, -0.2) is 33.6 Å². The normalized spacial score (nSPS) is 20.2. The van der Waals surface area contributed by atoms with Gasteiger partial charge in [0.15, 0.2) is 5.17 Å². The number of aliphatic carboxylic acids is 1. The maximum Gasteiger partial charge on any atom is 0.305 e. The second-order valence-corrected chi connectivity index (χ2v) is 5.20. The van der Waals surface area contributed by atoms with Crippen LogP contribution in [-0.2, 0) is 9.59 Å². The number of amidine groups is 1. The molecular formula is C12H9F2N3O3S. The van der Waals surface area contributed by atoms with Gasteiger partial charge in [-0.3, -0.25) is 9.59 Å². The predicted octanol–water partition coefficient (Wildman–Crippen LogP) is 1.36. The highest BCUT2D eigenvalue weighted by molar-refractivity contribution is 8.15. The minimum absolute atomic E-state index is 0.0873. The Labute approximate surface area is 121 Å². The zero-order valence-electron chi connectivity index (χ0n) is 10.4. The third kappa shape index (κ3) is 4.09. The largest absolute Gasteiger partial charge is 0.481 e. The number of benzene rings is 1. The SMILES string of the molecule is O=C(O)CC1SC(=NN=Cc2cc(F)ccc2F)NC1=O. The average Bonchev–Trinajstić information content (AvgIpc) is 2.73. The minimum Gasteiger partial charge on any atom is -0.481 e. The zero-order chi connectivity index (χ0) is 15.4. The fourth-order valence-corrected chi connectivity index (χ4v) is 2.42. The number of halogens is 2. The van der Waals surface area contributed by atoms with Crippen molar-refractivity contribution in [2.75, 3.05) is 0 Å². The van der Waals surface area contributed by atoms with Crippen molar-refractivity contribution in [3.05, 3.63) is 35.4 Å². The van der Waals surface area contributed by atoms with Crippen LogP contribution in [0, 0.1) is 11.6 Å². The fraction of sp³-hybridized carbons (Fsp3) is 0.167. The number of thioether (sulfide) groups is 1. The molecule has 2 N–H and O–H groups in total. The summed E-state index contributed by atoms with van der Waals surface area (Å²) >= 11 is 0.917. The Balaban J connectivity index is 2.05. The highest BCUT2D eigenvalue weighted by Crippen LogP contribution is 2.22. The summed E-state index contributed by atoms with van der Waals surface area (Å²) in [7, 11) is 0. The summed E-state index contributed by atoms with van der Waals surface area (Å²) in [5, 5.41) is 17.5. The molecule has 6 nitrogen and oxygen atoms in total. The van der Waals surface area contributed by atoms with Crippen LogP contribution in [0.4, 0.5) is 8.78 Å². The van der Waals surface area contributed by atoms with Crippen molar-refractivity contribution in [2.24, 2.45) is 10.2 Å². The van der Waals surface area contributed by atoms with Crippen molar-refractivity contribution in [1.29, 1.82) is 0 Å². The number of amides is 1. The zero-order valence-corrected chi connectivity index (χ0v) is 11.2. The van der Waals surface area contributed by atoms with Gasteiger partial charge in [-0.2, -0.15) is 5.10 Å². The molecule has 1 atom stereocenters. The smallest absolute Gasteiger partial charge is 0.305 e. The quantitative estimate of drug-likeness (QED) is 0.648. The molecule has 1 aliphatic rings. The van der Waals surface area contributed by atoms with E-state index in [1.807, 2.05) is 0 Å². The third-order valence-electron chi connectivity index (χ3n) is 2.44. The van der Waals surface area contributed by atoms with Gasteiger partial charge in [0.25, 0.3) is 0 Å². The number of carbonyl (C=O) groups excluding carboxylic acids is 1. The van der Waals surface area contributed by atoms with Gasteiger partial charge < -0.3 is 10.4 Å². The molecular weight excluding hydrogens is 304 g/mol. The van der Waals surface area contributed by atoms with Crippen LogP contribution in [0.3, 0.4) is 0 Å². The van der Waals surface area contributed by atoms with Crippen LogP contribution >= 0.6 is 11.8 Å². The molecule has 0 bridgehead atoms. The molecule has 1 aromatic rings. The molecule has 1 heterocycles. The molecule has 1 aliphatic heterocycles. The molecule has 1 saturated heterocycles. The van der Waals surface area contributed by atoms with Gasteiger partial charge in [-0.15, -0.1) is 5.10 Å². The minimum atomic E-state index is -1.10. The monoisotopic (exact) mass is 313 g/mol. The first-order chi connectivity index (χ1) is 9.95. The first-order valence-electron chi connectivity index (χ1n) is 5.71. The van der Waals surface area contributed by atoms with Crippen molar-refractivity contribution < 1.29 is 23.5 Å². The van der Waals surface area contributed by atoms with Gasteiger partial charge in [-0.05, 0) is 18.2 Å². The van der Waals surface area contributed by atoms with Crippen molar-refractivity contribution >= 4 is 35.0 Å². The summed E-state index contributed by atoms with van der Waals surface area (Å²) in [5.41, 5.74) is -0.0873. The lowest BCUT2D eigenvalue weighted by molar-refractivity contribution is -0.138. The number of nitrogens with one attached hydrogen (secondary N) is 1. The van der Waals surface area contributed by atoms with Gasteiger partial charge in [0, 0.05) is 5.56 Å². The topological polar surface area (TPSA) is 91.1 Å². The van der Waals surface area contributed by atoms with E-state index >= 15 is 0 Å². The van der Waals surface area contributed by atoms with Gasteiger partial charge in [0.1, 0.15) is 16.9 Å². The first-order valence-corrected chi connectivity index (χ1v) is 6.59. The van der Waals surface area contributed by atoms with E-state index in [2.05, 4.69) is 15.5 Å². The van der Waals surface area contributed by atoms with E-state index in [1.54, 1.807) is 0 Å². The summed E-state index contributed by atoms with van der Waals surface area (Å²) in [6, 6.07) is 2.88. The molecule has 1 aromatic carbocycles. The fourth-order valence-electron chi connectivity index (χ4n) is 1.50. The molecule has 1 amide bonds. The molecule has 1 fully saturated rings. The van der Waals surface area contributed by atoms with E-state index in [1.165, 1.54) is 0 Å². The number of carboxylic acids is 1. The second kappa shape index (κ2) is 6.44. The molecule has 110 valence electrons. The first kappa shape index (κ1) is 15.1. The summed E-state index contributed by atoms with van der Waals surface area (Å²) in [6.07, 6.45) is 0.667. The van der Waals surface area contributed by atoms with Gasteiger partial charge in [-0.1, -0.05) is 11.8 Å². The van der Waals surface area contributed by atoms with Crippen molar-refractivity contribution in [2.45, 2.75) is 11.7 Å². The van der Waals surface area contributed by atoms with E-state index in [0.29, 0.717) is 0 Å². The van der Waals surface area contributed by atoms with Crippen LogP contribution < -0.4 is 5.32 Å². The Morgan fingerprint density at radius 1 is 1.48 bits per heavy atom. The van der Waals surface area contributed by atoms with Crippen LogP contribution in [0.15, 0.2) is 28.4 Å². The van der Waals surface area contributed by atoms with Crippen LogP contribution in [0.1, 0.15) is 12.0 Å². The predicted molar refractivity (Wildman–Crippen MR) is 73.2 cm³/mol. The van der Waals surface area contributed by atoms with Crippen molar-refractivity contribution in [3.63, 3.8) is 0 Å². The van der Waals surface area contributed by atoms with Gasteiger partial charge in [-0.25, -0.2) is 8.78 Å². The molecule has 9 heteroatoms. The molecule has 0 radical (unpaired) electrons. The van der Waals surface area contributed by atoms with Gasteiger partial charge >= 0.3 is 5.97 Å². The second-order valence-electron chi connectivity index (χ2n) is 4.01. The molecule has 0 aromatic heterocycles. The van der Waals surface area contributed by atoms with Crippen LogP contribution in [0.2, 0.25) is 0 Å². The maximum atomic E-state index is 13.3. The van der Waals surface area contributed by atoms with E-state index in [0.717, 1.165) is 36.2 Å². The summed E-state index contributed by atoms with van der Waals surface area (Å²) < 4.78 is 26.2. The Morgan fingerprint density at radius 2 is 2.24 bits per heavy atom. The summed E-state index contributed by atoms with van der Waals surface area (Å²) in [6.45, 7) is 0. The maximum absolute atomic E-state index is 13.3. The lowest BCUT2D eigenvalue weighted by Crippen LogP contribution is -2.26. The molecule has 1 unspecified atom stereocenters. The van der Waals surface area contributed by atoms with E-state index in [-0.39, 0.29) is 17.2 Å². The van der Waals surface area contributed by atoms with Crippen LogP contribution in [0.25, 0.3) is 0 Å². The van der Waals surface area contributed by atoms with Crippen molar-refractivity contribution in [3.8, 4) is 0 Å². The number of rotatable bonds is 4. The highest BCUT2D eigenvalue weighted by atomic mass is 32.2. The highest BCUT2D eigenvalue weighted by Gasteiger charge is 2.32. The van der Waals surface area contributed by atoms with Crippen LogP contribution in [0.5, 0.6) is 0 Å². The van der Waals surface area contributed by atoms with Gasteiger partial charge in [0.05, 0.1) is 12.6 Å². The van der Waals surface area contributed by atoms with Crippen molar-refractivity contribution in [1.82, 2.24) is 5.32 Å². The molecule has 2 rings (SSSR count). The third-order valence-corrected chi connectivity index (χ3v) is 3.51. The number of nitrogens with zero attached hydrogens (tertiary/aromatic N) is 2. The molecule has 0 aliphatic carbocycles. The van der Waals surface area contributed by atoms with E-state index in [4.69, 9.17) is 5.11 Å². The Bertz CT molecular complexity index is 649. The van der Waals surface area contributed by atoms with Gasteiger partial charge in [0.2, 0.25) is 5.91 Å². The molecule has 0 spiro atoms. The standard InChI is InChI=1S/C12H9F2N3O3S/c13-7-1-2-8(14)6(3-7)5-15-17-12-16-11(20)9(21-12)4-10(18)19/h1-3,5,9H,4H2,(H,18,19)(H,16,17,20). The summed E-state index contributed by atoms with van der Waals surface area (Å²) in [5.74, 6) is -2.86. The summed E-state index contributed by atoms with van der Waals surface area (Å²) in [4.78, 5) is 22.0. The lowest BCUT2D eigenvalue weighted by atomic mass is 10.2.